The maximum atomic E-state index is 9.74. The zero-order valence-corrected chi connectivity index (χ0v) is 18.3. The van der Waals surface area contributed by atoms with Crippen LogP contribution in [-0.4, -0.2) is 49.9 Å². The van der Waals surface area contributed by atoms with Crippen LogP contribution in [0, 0.1) is 5.41 Å². The van der Waals surface area contributed by atoms with Crippen molar-refractivity contribution in [2.24, 2.45) is 5.41 Å². The van der Waals surface area contributed by atoms with Crippen molar-refractivity contribution in [3.8, 4) is 22.8 Å². The molecule has 0 unspecified atom stereocenters. The first-order valence-electron chi connectivity index (χ1n) is 10.2. The first-order valence-corrected chi connectivity index (χ1v) is 10.2. The highest BCUT2D eigenvalue weighted by Crippen LogP contribution is 2.27. The molecule has 1 N–H and O–H groups in total. The Labute approximate surface area is 173 Å². The SMILES string of the molecule is CCN(C)c1ccc(-c2nc(-c3cnn(C(C)C)c3)n(CC(C)(C)CO)n2)cc1. The van der Waals surface area contributed by atoms with E-state index in [0.717, 1.165) is 29.2 Å². The number of aromatic nitrogens is 5. The molecule has 7 heteroatoms. The molecule has 2 aromatic heterocycles. The Morgan fingerprint density at radius 3 is 2.38 bits per heavy atom. The molecule has 0 aliphatic rings. The predicted molar refractivity (Wildman–Crippen MR) is 117 cm³/mol. The van der Waals surface area contributed by atoms with E-state index in [2.05, 4.69) is 62.1 Å². The van der Waals surface area contributed by atoms with Crippen LogP contribution in [0.2, 0.25) is 0 Å². The summed E-state index contributed by atoms with van der Waals surface area (Å²) in [5, 5.41) is 19.0. The van der Waals surface area contributed by atoms with Crippen LogP contribution in [0.5, 0.6) is 0 Å². The van der Waals surface area contributed by atoms with Crippen LogP contribution < -0.4 is 4.90 Å². The van der Waals surface area contributed by atoms with E-state index in [4.69, 9.17) is 10.1 Å². The average molecular weight is 397 g/mol. The minimum absolute atomic E-state index is 0.0743. The van der Waals surface area contributed by atoms with Crippen molar-refractivity contribution in [1.82, 2.24) is 24.5 Å². The Bertz CT molecular complexity index is 939. The van der Waals surface area contributed by atoms with Crippen LogP contribution in [-0.2, 0) is 6.54 Å². The Morgan fingerprint density at radius 1 is 1.14 bits per heavy atom. The highest BCUT2D eigenvalue weighted by Gasteiger charge is 2.23. The molecule has 1 aromatic carbocycles. The smallest absolute Gasteiger partial charge is 0.181 e. The minimum Gasteiger partial charge on any atom is -0.396 e. The molecule has 0 fully saturated rings. The Hall–Kier alpha value is -2.67. The van der Waals surface area contributed by atoms with Gasteiger partial charge in [0.25, 0.3) is 0 Å². The summed E-state index contributed by atoms with van der Waals surface area (Å²) in [6, 6.07) is 8.57. The first-order chi connectivity index (χ1) is 13.7. The normalized spacial score (nSPS) is 12.0. The first kappa shape index (κ1) is 21.0. The summed E-state index contributed by atoms with van der Waals surface area (Å²) in [6.45, 7) is 11.9. The quantitative estimate of drug-likeness (QED) is 0.626. The third kappa shape index (κ3) is 4.67. The Balaban J connectivity index is 2.01. The topological polar surface area (TPSA) is 72.0 Å². The van der Waals surface area contributed by atoms with Crippen LogP contribution in [0.1, 0.15) is 40.7 Å². The van der Waals surface area contributed by atoms with E-state index in [1.54, 1.807) is 0 Å². The number of hydrogen-bond acceptors (Lipinski definition) is 5. The molecule has 0 atom stereocenters. The summed E-state index contributed by atoms with van der Waals surface area (Å²) < 4.78 is 3.81. The van der Waals surface area contributed by atoms with Crippen LogP contribution in [0.3, 0.4) is 0 Å². The highest BCUT2D eigenvalue weighted by atomic mass is 16.3. The lowest BCUT2D eigenvalue weighted by molar-refractivity contribution is 0.137. The molecule has 3 aromatic rings. The molecular formula is C22H32N6O. The van der Waals surface area contributed by atoms with Gasteiger partial charge in [0.15, 0.2) is 11.6 Å². The van der Waals surface area contributed by atoms with Crippen molar-refractivity contribution >= 4 is 5.69 Å². The maximum absolute atomic E-state index is 9.74. The van der Waals surface area contributed by atoms with Crippen LogP contribution in [0.4, 0.5) is 5.69 Å². The fraction of sp³-hybridized carbons (Fsp3) is 0.500. The number of anilines is 1. The number of aliphatic hydroxyl groups excluding tert-OH is 1. The zero-order valence-electron chi connectivity index (χ0n) is 18.3. The lowest BCUT2D eigenvalue weighted by Gasteiger charge is -2.21. The van der Waals surface area contributed by atoms with Crippen LogP contribution >= 0.6 is 0 Å². The Kier molecular flexibility index (Phi) is 6.07. The third-order valence-electron chi connectivity index (χ3n) is 5.11. The van der Waals surface area contributed by atoms with Gasteiger partial charge in [-0.05, 0) is 45.0 Å². The molecule has 0 aliphatic carbocycles. The van der Waals surface area contributed by atoms with Gasteiger partial charge in [-0.2, -0.15) is 10.2 Å². The van der Waals surface area contributed by atoms with Gasteiger partial charge in [0.2, 0.25) is 0 Å². The molecule has 3 rings (SSSR count). The summed E-state index contributed by atoms with van der Waals surface area (Å²) in [7, 11) is 2.07. The number of rotatable bonds is 8. The van der Waals surface area contributed by atoms with Gasteiger partial charge in [-0.3, -0.25) is 4.68 Å². The van der Waals surface area contributed by atoms with Gasteiger partial charge in [-0.15, -0.1) is 0 Å². The second kappa shape index (κ2) is 8.37. The van der Waals surface area contributed by atoms with Gasteiger partial charge >= 0.3 is 0 Å². The molecule has 0 aliphatic heterocycles. The second-order valence-electron chi connectivity index (χ2n) is 8.60. The van der Waals surface area contributed by atoms with Gasteiger partial charge < -0.3 is 10.0 Å². The van der Waals surface area contributed by atoms with Gasteiger partial charge in [-0.1, -0.05) is 13.8 Å². The lowest BCUT2D eigenvalue weighted by atomic mass is 9.95. The van der Waals surface area contributed by atoms with Crippen molar-refractivity contribution < 1.29 is 5.11 Å². The van der Waals surface area contributed by atoms with Crippen LogP contribution in [0.15, 0.2) is 36.7 Å². The summed E-state index contributed by atoms with van der Waals surface area (Å²) in [5.41, 5.74) is 2.75. The van der Waals surface area contributed by atoms with Crippen molar-refractivity contribution in [2.45, 2.75) is 47.2 Å². The van der Waals surface area contributed by atoms with Crippen molar-refractivity contribution in [3.05, 3.63) is 36.7 Å². The lowest BCUT2D eigenvalue weighted by Crippen LogP contribution is -2.25. The molecule has 0 saturated carbocycles. The van der Waals surface area contributed by atoms with Crippen LogP contribution in [0.25, 0.3) is 22.8 Å². The van der Waals surface area contributed by atoms with E-state index in [0.29, 0.717) is 12.4 Å². The van der Waals surface area contributed by atoms with Gasteiger partial charge in [0.05, 0.1) is 18.3 Å². The number of nitrogens with zero attached hydrogens (tertiary/aromatic N) is 6. The molecule has 7 nitrogen and oxygen atoms in total. The summed E-state index contributed by atoms with van der Waals surface area (Å²) in [4.78, 5) is 7.03. The maximum Gasteiger partial charge on any atom is 0.181 e. The van der Waals surface area contributed by atoms with Crippen molar-refractivity contribution in [2.75, 3.05) is 25.1 Å². The van der Waals surface area contributed by atoms with E-state index in [1.807, 2.05) is 35.6 Å². The van der Waals surface area contributed by atoms with Crippen molar-refractivity contribution in [3.63, 3.8) is 0 Å². The second-order valence-corrected chi connectivity index (χ2v) is 8.60. The Morgan fingerprint density at radius 2 is 1.83 bits per heavy atom. The minimum atomic E-state index is -0.304. The molecule has 0 amide bonds. The summed E-state index contributed by atoms with van der Waals surface area (Å²) in [6.07, 6.45) is 3.83. The number of hydrogen-bond donors (Lipinski definition) is 1. The molecule has 2 heterocycles. The number of benzene rings is 1. The molecular weight excluding hydrogens is 364 g/mol. The fourth-order valence-corrected chi connectivity index (χ4v) is 3.03. The predicted octanol–water partition coefficient (Wildman–Crippen LogP) is 3.86. The standard InChI is InChI=1S/C22H32N6O/c1-7-26(6)19-10-8-17(9-11-19)20-24-21(18-12-23-27(13-18)16(2)3)28(25-20)14-22(4,5)15-29/h8-13,16,29H,7,14-15H2,1-6H3. The molecule has 0 radical (unpaired) electrons. The van der Waals surface area contributed by atoms with E-state index in [-0.39, 0.29) is 18.1 Å². The molecule has 156 valence electrons. The summed E-state index contributed by atoms with van der Waals surface area (Å²) >= 11 is 0. The number of aliphatic hydroxyl groups is 1. The third-order valence-corrected chi connectivity index (χ3v) is 5.11. The van der Waals surface area contributed by atoms with Gasteiger partial charge in [0.1, 0.15) is 0 Å². The van der Waals surface area contributed by atoms with Gasteiger partial charge in [-0.25, -0.2) is 9.67 Å². The van der Waals surface area contributed by atoms with Gasteiger partial charge in [0, 0.05) is 49.1 Å². The van der Waals surface area contributed by atoms with E-state index in [9.17, 15) is 5.11 Å². The highest BCUT2D eigenvalue weighted by molar-refractivity contribution is 5.63. The largest absolute Gasteiger partial charge is 0.396 e. The van der Waals surface area contributed by atoms with E-state index < -0.39 is 0 Å². The average Bonchev–Trinajstić information content (AvgIpc) is 3.34. The molecule has 0 saturated heterocycles. The van der Waals surface area contributed by atoms with Crippen molar-refractivity contribution in [1.29, 1.82) is 0 Å². The van der Waals surface area contributed by atoms with E-state index >= 15 is 0 Å². The fourth-order valence-electron chi connectivity index (χ4n) is 3.03. The molecule has 29 heavy (non-hydrogen) atoms. The monoisotopic (exact) mass is 396 g/mol. The molecule has 0 bridgehead atoms. The molecule has 0 spiro atoms. The van der Waals surface area contributed by atoms with E-state index in [1.165, 1.54) is 0 Å². The zero-order chi connectivity index (χ0) is 21.2. The summed E-state index contributed by atoms with van der Waals surface area (Å²) in [5.74, 6) is 1.44.